The molecule has 4 N–H and O–H groups in total. The van der Waals surface area contributed by atoms with Gasteiger partial charge in [-0.05, 0) is 43.5 Å². The number of nitrogens with zero attached hydrogens (tertiary/aromatic N) is 1. The number of amides is 1. The van der Waals surface area contributed by atoms with Crippen LogP contribution in [0.2, 0.25) is 0 Å². The summed E-state index contributed by atoms with van der Waals surface area (Å²) in [7, 11) is -3.69. The van der Waals surface area contributed by atoms with E-state index in [1.807, 2.05) is 4.90 Å². The molecule has 7 nitrogen and oxygen atoms in total. The number of ether oxygens (including phenoxy) is 1. The quantitative estimate of drug-likeness (QED) is 0.637. The average Bonchev–Trinajstić information content (AvgIpc) is 2.61. The second-order valence-corrected chi connectivity index (χ2v) is 8.56. The molecule has 0 aliphatic carbocycles. The molecule has 2 rings (SSSR count). The van der Waals surface area contributed by atoms with E-state index in [0.717, 1.165) is 25.8 Å². The number of nitrogens with two attached hydrogens (primary N) is 2. The van der Waals surface area contributed by atoms with Crippen LogP contribution in [0.15, 0.2) is 29.2 Å². The van der Waals surface area contributed by atoms with Crippen LogP contribution < -0.4 is 15.6 Å². The Morgan fingerprint density at radius 1 is 1.28 bits per heavy atom. The van der Waals surface area contributed by atoms with Crippen molar-refractivity contribution in [2.24, 2.45) is 10.9 Å². The number of rotatable bonds is 8. The van der Waals surface area contributed by atoms with Crippen molar-refractivity contribution in [2.75, 3.05) is 31.2 Å². The van der Waals surface area contributed by atoms with Crippen molar-refractivity contribution in [1.29, 1.82) is 0 Å². The zero-order valence-corrected chi connectivity index (χ0v) is 15.7. The second-order valence-electron chi connectivity index (χ2n) is 5.89. The summed E-state index contributed by atoms with van der Waals surface area (Å²) in [4.78, 5) is 14.2. The van der Waals surface area contributed by atoms with Gasteiger partial charge in [-0.2, -0.15) is 0 Å². The van der Waals surface area contributed by atoms with Crippen LogP contribution in [0.5, 0.6) is 5.75 Å². The van der Waals surface area contributed by atoms with E-state index in [2.05, 4.69) is 0 Å². The van der Waals surface area contributed by atoms with Gasteiger partial charge in [0.25, 0.3) is 0 Å². The number of carbonyl (C=O) groups is 1. The Labute approximate surface area is 153 Å². The van der Waals surface area contributed by atoms with Gasteiger partial charge in [-0.15, -0.1) is 11.8 Å². The maximum Gasteiger partial charge on any atom is 0.238 e. The van der Waals surface area contributed by atoms with Gasteiger partial charge >= 0.3 is 0 Å². The smallest absolute Gasteiger partial charge is 0.238 e. The molecule has 1 unspecified atom stereocenters. The number of piperidine rings is 1. The standard InChI is InChI=1S/C16H25N3O4S2/c17-11-13-3-1-2-8-19(13)16(20)12-24-10-9-23-14-4-6-15(7-5-14)25(18,21)22/h4-7,13H,1-3,8-12,17H2,(H2,18,21,22). The van der Waals surface area contributed by atoms with Crippen LogP contribution in [-0.2, 0) is 14.8 Å². The van der Waals surface area contributed by atoms with Gasteiger partial charge in [0.05, 0.1) is 17.3 Å². The molecular weight excluding hydrogens is 362 g/mol. The highest BCUT2D eigenvalue weighted by atomic mass is 32.2. The zero-order chi connectivity index (χ0) is 18.3. The van der Waals surface area contributed by atoms with Gasteiger partial charge in [0.15, 0.2) is 0 Å². The minimum absolute atomic E-state index is 0.0517. The first-order chi connectivity index (χ1) is 11.9. The van der Waals surface area contributed by atoms with Crippen molar-refractivity contribution in [3.8, 4) is 5.75 Å². The first kappa shape index (κ1) is 20.0. The van der Waals surface area contributed by atoms with E-state index in [-0.39, 0.29) is 16.8 Å². The highest BCUT2D eigenvalue weighted by Gasteiger charge is 2.25. The van der Waals surface area contributed by atoms with Gasteiger partial charge < -0.3 is 15.4 Å². The first-order valence-corrected chi connectivity index (χ1v) is 10.9. The third kappa shape index (κ3) is 6.18. The molecule has 0 radical (unpaired) electrons. The number of carbonyl (C=O) groups excluding carboxylic acids is 1. The van der Waals surface area contributed by atoms with E-state index in [9.17, 15) is 13.2 Å². The Morgan fingerprint density at radius 3 is 2.64 bits per heavy atom. The summed E-state index contributed by atoms with van der Waals surface area (Å²) in [5, 5.41) is 5.04. The number of thioether (sulfide) groups is 1. The third-order valence-corrected chi connectivity index (χ3v) is 5.93. The molecule has 1 aliphatic heterocycles. The Bertz CT molecular complexity index is 664. The number of benzene rings is 1. The Kier molecular flexibility index (Phi) is 7.55. The summed E-state index contributed by atoms with van der Waals surface area (Å²) in [6, 6.07) is 6.12. The van der Waals surface area contributed by atoms with Crippen molar-refractivity contribution >= 4 is 27.7 Å². The number of sulfonamides is 1. The maximum atomic E-state index is 12.3. The topological polar surface area (TPSA) is 116 Å². The highest BCUT2D eigenvalue weighted by molar-refractivity contribution is 7.99. The Hall–Kier alpha value is -1.29. The van der Waals surface area contributed by atoms with Crippen molar-refractivity contribution in [3.63, 3.8) is 0 Å². The molecule has 1 amide bonds. The third-order valence-electron chi connectivity index (χ3n) is 4.09. The van der Waals surface area contributed by atoms with Crippen molar-refractivity contribution < 1.29 is 17.9 Å². The lowest BCUT2D eigenvalue weighted by Gasteiger charge is -2.35. The van der Waals surface area contributed by atoms with E-state index < -0.39 is 10.0 Å². The predicted octanol–water partition coefficient (Wildman–Crippen LogP) is 0.786. The van der Waals surface area contributed by atoms with Crippen LogP contribution in [0.25, 0.3) is 0 Å². The summed E-state index contributed by atoms with van der Waals surface area (Å²) >= 11 is 1.52. The van der Waals surface area contributed by atoms with E-state index in [4.69, 9.17) is 15.6 Å². The summed E-state index contributed by atoms with van der Waals surface area (Å²) in [5.41, 5.74) is 5.74. The molecule has 1 aromatic carbocycles. The molecule has 25 heavy (non-hydrogen) atoms. The fourth-order valence-corrected chi connectivity index (χ4v) is 3.96. The first-order valence-electron chi connectivity index (χ1n) is 8.25. The monoisotopic (exact) mass is 387 g/mol. The normalized spacial score (nSPS) is 18.2. The Balaban J connectivity index is 1.68. The van der Waals surface area contributed by atoms with Crippen LogP contribution in [0, 0.1) is 0 Å². The van der Waals surface area contributed by atoms with Gasteiger partial charge in [0, 0.05) is 24.9 Å². The van der Waals surface area contributed by atoms with Crippen LogP contribution >= 0.6 is 11.8 Å². The van der Waals surface area contributed by atoms with E-state index in [1.165, 1.54) is 23.9 Å². The molecule has 1 atom stereocenters. The van der Waals surface area contributed by atoms with Crippen molar-refractivity contribution in [2.45, 2.75) is 30.2 Å². The van der Waals surface area contributed by atoms with Gasteiger partial charge in [-0.1, -0.05) is 0 Å². The second kappa shape index (κ2) is 9.42. The van der Waals surface area contributed by atoms with Crippen LogP contribution in [0.1, 0.15) is 19.3 Å². The molecule has 1 heterocycles. The number of likely N-dealkylation sites (tertiary alicyclic amines) is 1. The van der Waals surface area contributed by atoms with Gasteiger partial charge in [-0.3, -0.25) is 4.79 Å². The zero-order valence-electron chi connectivity index (χ0n) is 14.1. The van der Waals surface area contributed by atoms with E-state index >= 15 is 0 Å². The number of hydrogen-bond acceptors (Lipinski definition) is 6. The Morgan fingerprint density at radius 2 is 2.00 bits per heavy atom. The molecule has 0 aromatic heterocycles. The number of hydrogen-bond donors (Lipinski definition) is 2. The van der Waals surface area contributed by atoms with E-state index in [1.54, 1.807) is 12.1 Å². The fraction of sp³-hybridized carbons (Fsp3) is 0.562. The molecule has 1 aliphatic rings. The van der Waals surface area contributed by atoms with E-state index in [0.29, 0.717) is 30.4 Å². The lowest BCUT2D eigenvalue weighted by atomic mass is 10.0. The molecule has 1 aromatic rings. The summed E-state index contributed by atoms with van der Waals surface area (Å²) in [5.74, 6) is 1.80. The van der Waals surface area contributed by atoms with Crippen LogP contribution in [0.3, 0.4) is 0 Å². The molecule has 0 bridgehead atoms. The SMILES string of the molecule is NCC1CCCCN1C(=O)CSCCOc1ccc(S(N)(=O)=O)cc1. The molecule has 9 heteroatoms. The minimum atomic E-state index is -3.69. The maximum absolute atomic E-state index is 12.3. The summed E-state index contributed by atoms with van der Waals surface area (Å²) in [6.45, 7) is 1.76. The lowest BCUT2D eigenvalue weighted by molar-refractivity contribution is -0.131. The highest BCUT2D eigenvalue weighted by Crippen LogP contribution is 2.18. The van der Waals surface area contributed by atoms with Crippen LogP contribution in [-0.4, -0.2) is 56.5 Å². The summed E-state index contributed by atoms with van der Waals surface area (Å²) < 4.78 is 27.9. The molecule has 1 saturated heterocycles. The van der Waals surface area contributed by atoms with Crippen molar-refractivity contribution in [3.05, 3.63) is 24.3 Å². The van der Waals surface area contributed by atoms with Gasteiger partial charge in [-0.25, -0.2) is 13.6 Å². The summed E-state index contributed by atoms with van der Waals surface area (Å²) in [6.07, 6.45) is 3.17. The van der Waals surface area contributed by atoms with Gasteiger partial charge in [0.2, 0.25) is 15.9 Å². The van der Waals surface area contributed by atoms with Crippen molar-refractivity contribution in [1.82, 2.24) is 4.90 Å². The average molecular weight is 388 g/mol. The lowest BCUT2D eigenvalue weighted by Crippen LogP contribution is -2.48. The fourth-order valence-electron chi connectivity index (χ4n) is 2.76. The van der Waals surface area contributed by atoms with Crippen LogP contribution in [0.4, 0.5) is 0 Å². The van der Waals surface area contributed by atoms with Gasteiger partial charge in [0.1, 0.15) is 5.75 Å². The number of primary sulfonamides is 1. The molecule has 140 valence electrons. The molecule has 1 fully saturated rings. The molecular formula is C16H25N3O4S2. The largest absolute Gasteiger partial charge is 0.493 e. The predicted molar refractivity (Wildman–Crippen MR) is 99.0 cm³/mol. The minimum Gasteiger partial charge on any atom is -0.493 e. The molecule has 0 spiro atoms. The molecule has 0 saturated carbocycles.